The van der Waals surface area contributed by atoms with Crippen LogP contribution in [0.1, 0.15) is 69.5 Å². The molecule has 2 aliphatic carbocycles. The van der Waals surface area contributed by atoms with Gasteiger partial charge in [-0.2, -0.15) is 0 Å². The largest absolute Gasteiger partial charge is 0.508 e. The van der Waals surface area contributed by atoms with Gasteiger partial charge in [-0.05, 0) is 73.6 Å². The molecule has 110 valence electrons. The van der Waals surface area contributed by atoms with Crippen molar-refractivity contribution in [2.24, 2.45) is 5.41 Å². The fourth-order valence-corrected chi connectivity index (χ4v) is 3.81. The summed E-state index contributed by atoms with van der Waals surface area (Å²) in [6, 6.07) is 6.99. The minimum Gasteiger partial charge on any atom is -0.508 e. The Morgan fingerprint density at radius 1 is 1.15 bits per heavy atom. The van der Waals surface area contributed by atoms with E-state index in [0.717, 1.165) is 6.42 Å². The van der Waals surface area contributed by atoms with Crippen molar-refractivity contribution in [2.45, 2.75) is 70.9 Å². The number of benzene rings is 1. The summed E-state index contributed by atoms with van der Waals surface area (Å²) in [5.41, 5.74) is 3.28. The third kappa shape index (κ3) is 3.01. The topological polar surface area (TPSA) is 32.3 Å². The van der Waals surface area contributed by atoms with E-state index in [0.29, 0.717) is 23.2 Å². The van der Waals surface area contributed by atoms with Crippen LogP contribution >= 0.6 is 0 Å². The van der Waals surface area contributed by atoms with Crippen molar-refractivity contribution in [1.82, 2.24) is 5.32 Å². The van der Waals surface area contributed by atoms with Crippen LogP contribution in [-0.4, -0.2) is 11.1 Å². The molecule has 0 amide bonds. The first kappa shape index (κ1) is 13.9. The van der Waals surface area contributed by atoms with Crippen LogP contribution in [0, 0.1) is 5.41 Å². The van der Waals surface area contributed by atoms with Crippen LogP contribution in [0.25, 0.3) is 0 Å². The van der Waals surface area contributed by atoms with Crippen molar-refractivity contribution in [3.63, 3.8) is 0 Å². The van der Waals surface area contributed by atoms with E-state index in [1.807, 2.05) is 12.1 Å². The van der Waals surface area contributed by atoms with Crippen molar-refractivity contribution in [3.05, 3.63) is 29.3 Å². The number of phenols is 1. The number of fused-ring (bicyclic) bond motifs is 1. The zero-order valence-electron chi connectivity index (χ0n) is 12.8. The molecule has 0 aromatic heterocycles. The SMILES string of the molecule is CC1(C)CCC(NC2CCCc3ccc(O)cc32)CC1. The van der Waals surface area contributed by atoms with Crippen LogP contribution in [-0.2, 0) is 6.42 Å². The Kier molecular flexibility index (Phi) is 3.76. The molecule has 0 saturated heterocycles. The molecule has 0 aliphatic heterocycles. The molecule has 3 rings (SSSR count). The first-order valence-corrected chi connectivity index (χ1v) is 8.11. The van der Waals surface area contributed by atoms with Gasteiger partial charge in [0.15, 0.2) is 0 Å². The van der Waals surface area contributed by atoms with E-state index < -0.39 is 0 Å². The van der Waals surface area contributed by atoms with Gasteiger partial charge in [0.25, 0.3) is 0 Å². The van der Waals surface area contributed by atoms with Crippen molar-refractivity contribution in [1.29, 1.82) is 0 Å². The Labute approximate surface area is 122 Å². The number of nitrogens with one attached hydrogen (secondary N) is 1. The van der Waals surface area contributed by atoms with Crippen LogP contribution in [0.4, 0.5) is 0 Å². The molecule has 0 spiro atoms. The summed E-state index contributed by atoms with van der Waals surface area (Å²) in [6.45, 7) is 4.77. The first-order valence-electron chi connectivity index (χ1n) is 8.11. The Bertz CT molecular complexity index is 470. The smallest absolute Gasteiger partial charge is 0.115 e. The number of hydrogen-bond acceptors (Lipinski definition) is 2. The average Bonchev–Trinajstić information content (AvgIpc) is 2.42. The zero-order chi connectivity index (χ0) is 14.2. The molecule has 1 atom stereocenters. The third-order valence-corrected chi connectivity index (χ3v) is 5.22. The Hall–Kier alpha value is -1.02. The Morgan fingerprint density at radius 2 is 1.90 bits per heavy atom. The van der Waals surface area contributed by atoms with Crippen molar-refractivity contribution < 1.29 is 5.11 Å². The van der Waals surface area contributed by atoms with E-state index in [2.05, 4.69) is 25.2 Å². The molecule has 2 N–H and O–H groups in total. The highest BCUT2D eigenvalue weighted by atomic mass is 16.3. The van der Waals surface area contributed by atoms with Gasteiger partial charge in [0.2, 0.25) is 0 Å². The van der Waals surface area contributed by atoms with Crippen LogP contribution < -0.4 is 5.32 Å². The predicted octanol–water partition coefficient (Wildman–Crippen LogP) is 4.33. The zero-order valence-corrected chi connectivity index (χ0v) is 12.8. The highest BCUT2D eigenvalue weighted by Crippen LogP contribution is 2.38. The summed E-state index contributed by atoms with van der Waals surface area (Å²) in [5.74, 6) is 0.405. The summed E-state index contributed by atoms with van der Waals surface area (Å²) in [6.07, 6.45) is 8.85. The quantitative estimate of drug-likeness (QED) is 0.840. The summed E-state index contributed by atoms with van der Waals surface area (Å²) in [7, 11) is 0. The fourth-order valence-electron chi connectivity index (χ4n) is 3.81. The molecule has 20 heavy (non-hydrogen) atoms. The molecule has 1 aromatic carbocycles. The fraction of sp³-hybridized carbons (Fsp3) is 0.667. The van der Waals surface area contributed by atoms with E-state index in [1.54, 1.807) is 0 Å². The maximum atomic E-state index is 9.75. The van der Waals surface area contributed by atoms with Crippen LogP contribution in [0.3, 0.4) is 0 Å². The summed E-state index contributed by atoms with van der Waals surface area (Å²) in [5, 5.41) is 13.6. The molecule has 2 nitrogen and oxygen atoms in total. The molecule has 1 fully saturated rings. The van der Waals surface area contributed by atoms with E-state index in [1.165, 1.54) is 49.7 Å². The van der Waals surface area contributed by atoms with Gasteiger partial charge in [-0.3, -0.25) is 0 Å². The number of phenolic OH excluding ortho intramolecular Hbond substituents is 1. The number of aromatic hydroxyl groups is 1. The second kappa shape index (κ2) is 5.40. The molecule has 0 heterocycles. The molecule has 1 unspecified atom stereocenters. The van der Waals surface area contributed by atoms with Gasteiger partial charge in [-0.15, -0.1) is 0 Å². The van der Waals surface area contributed by atoms with Gasteiger partial charge >= 0.3 is 0 Å². The van der Waals surface area contributed by atoms with Gasteiger partial charge in [0.05, 0.1) is 0 Å². The number of aryl methyl sites for hydroxylation is 1. The lowest BCUT2D eigenvalue weighted by molar-refractivity contribution is 0.195. The maximum Gasteiger partial charge on any atom is 0.115 e. The van der Waals surface area contributed by atoms with Gasteiger partial charge < -0.3 is 10.4 Å². The van der Waals surface area contributed by atoms with Crippen molar-refractivity contribution >= 4 is 0 Å². The highest BCUT2D eigenvalue weighted by Gasteiger charge is 2.29. The summed E-state index contributed by atoms with van der Waals surface area (Å²) in [4.78, 5) is 0. The van der Waals surface area contributed by atoms with Gasteiger partial charge in [-0.25, -0.2) is 0 Å². The number of hydrogen-bond donors (Lipinski definition) is 2. The van der Waals surface area contributed by atoms with E-state index >= 15 is 0 Å². The van der Waals surface area contributed by atoms with E-state index in [-0.39, 0.29) is 0 Å². The van der Waals surface area contributed by atoms with Crippen molar-refractivity contribution in [3.8, 4) is 5.75 Å². The second-order valence-corrected chi connectivity index (χ2v) is 7.43. The first-order chi connectivity index (χ1) is 9.53. The van der Waals surface area contributed by atoms with E-state index in [4.69, 9.17) is 0 Å². The van der Waals surface area contributed by atoms with Gasteiger partial charge in [0, 0.05) is 12.1 Å². The predicted molar refractivity (Wildman–Crippen MR) is 83.0 cm³/mol. The second-order valence-electron chi connectivity index (χ2n) is 7.43. The summed E-state index contributed by atoms with van der Waals surface area (Å²) >= 11 is 0. The normalized spacial score (nSPS) is 26.2. The molecule has 0 bridgehead atoms. The molecule has 1 saturated carbocycles. The third-order valence-electron chi connectivity index (χ3n) is 5.22. The minimum absolute atomic E-state index is 0.405. The number of rotatable bonds is 2. The average molecular weight is 273 g/mol. The lowest BCUT2D eigenvalue weighted by Gasteiger charge is -2.38. The lowest BCUT2D eigenvalue weighted by atomic mass is 9.75. The molecule has 1 aromatic rings. The molecular weight excluding hydrogens is 246 g/mol. The Morgan fingerprint density at radius 3 is 2.65 bits per heavy atom. The van der Waals surface area contributed by atoms with Gasteiger partial charge in [-0.1, -0.05) is 19.9 Å². The molecular formula is C18H27NO. The molecule has 0 radical (unpaired) electrons. The van der Waals surface area contributed by atoms with E-state index in [9.17, 15) is 5.11 Å². The molecule has 2 heteroatoms. The monoisotopic (exact) mass is 273 g/mol. The summed E-state index contributed by atoms with van der Waals surface area (Å²) < 4.78 is 0. The lowest BCUT2D eigenvalue weighted by Crippen LogP contribution is -2.38. The van der Waals surface area contributed by atoms with Crippen LogP contribution in [0.5, 0.6) is 5.75 Å². The Balaban J connectivity index is 1.69. The van der Waals surface area contributed by atoms with Gasteiger partial charge in [0.1, 0.15) is 5.75 Å². The molecule has 2 aliphatic rings. The van der Waals surface area contributed by atoms with Crippen molar-refractivity contribution in [2.75, 3.05) is 0 Å². The van der Waals surface area contributed by atoms with Crippen LogP contribution in [0.15, 0.2) is 18.2 Å². The van der Waals surface area contributed by atoms with Crippen LogP contribution in [0.2, 0.25) is 0 Å². The standard InChI is InChI=1S/C18H27NO/c1-18(2)10-8-14(9-11-18)19-17-5-3-4-13-6-7-15(20)12-16(13)17/h6-7,12,14,17,19-20H,3-5,8-11H2,1-2H3. The maximum absolute atomic E-state index is 9.75. The highest BCUT2D eigenvalue weighted by molar-refractivity contribution is 5.38. The minimum atomic E-state index is 0.405.